The molecule has 0 aromatic carbocycles. The van der Waals surface area contributed by atoms with Gasteiger partial charge in [-0.05, 0) is 55.9 Å². The summed E-state index contributed by atoms with van der Waals surface area (Å²) in [5.74, 6) is 2.08. The van der Waals surface area contributed by atoms with Crippen LogP contribution in [0, 0.1) is 17.3 Å². The molecule has 138 valence electrons. The van der Waals surface area contributed by atoms with E-state index in [4.69, 9.17) is 0 Å². The van der Waals surface area contributed by atoms with Crippen molar-refractivity contribution < 1.29 is 4.79 Å². The second-order valence-corrected chi connectivity index (χ2v) is 9.00. The van der Waals surface area contributed by atoms with Gasteiger partial charge in [-0.25, -0.2) is 0 Å². The second kappa shape index (κ2) is 7.74. The molecule has 2 saturated heterocycles. The van der Waals surface area contributed by atoms with E-state index >= 15 is 0 Å². The summed E-state index contributed by atoms with van der Waals surface area (Å²) in [6, 6.07) is 0. The molecule has 1 amide bonds. The average molecular weight is 336 g/mol. The van der Waals surface area contributed by atoms with Gasteiger partial charge in [-0.15, -0.1) is 0 Å². The molecule has 0 aromatic rings. The standard InChI is InChI=1S/C20H37N3O/c1-17(2)5-4-8-21-11-13-22(14-12-21)16-19(24)23-9-6-20(7-10-23)15-18(20)3/h17-18H,4-16H2,1-3H3. The van der Waals surface area contributed by atoms with Crippen LogP contribution < -0.4 is 0 Å². The Morgan fingerprint density at radius 2 is 1.62 bits per heavy atom. The van der Waals surface area contributed by atoms with E-state index in [0.717, 1.165) is 51.1 Å². The topological polar surface area (TPSA) is 26.8 Å². The van der Waals surface area contributed by atoms with Crippen LogP contribution in [0.2, 0.25) is 0 Å². The molecule has 2 heterocycles. The van der Waals surface area contributed by atoms with E-state index in [-0.39, 0.29) is 0 Å². The molecule has 1 atom stereocenters. The van der Waals surface area contributed by atoms with Crippen molar-refractivity contribution in [2.75, 3.05) is 52.4 Å². The van der Waals surface area contributed by atoms with Crippen LogP contribution in [-0.4, -0.2) is 73.0 Å². The first-order valence-corrected chi connectivity index (χ1v) is 10.2. The van der Waals surface area contributed by atoms with Crippen LogP contribution in [-0.2, 0) is 4.79 Å². The Morgan fingerprint density at radius 1 is 1.04 bits per heavy atom. The van der Waals surface area contributed by atoms with Crippen LogP contribution in [0.25, 0.3) is 0 Å². The van der Waals surface area contributed by atoms with Gasteiger partial charge >= 0.3 is 0 Å². The maximum absolute atomic E-state index is 12.6. The fourth-order valence-corrected chi connectivity index (χ4v) is 4.63. The summed E-state index contributed by atoms with van der Waals surface area (Å²) in [5.41, 5.74) is 0.623. The third-order valence-corrected chi connectivity index (χ3v) is 6.79. The van der Waals surface area contributed by atoms with Crippen molar-refractivity contribution >= 4 is 5.91 Å². The molecule has 4 nitrogen and oxygen atoms in total. The molecule has 0 N–H and O–H groups in total. The molecule has 0 radical (unpaired) electrons. The van der Waals surface area contributed by atoms with Gasteiger partial charge in [-0.1, -0.05) is 20.8 Å². The number of likely N-dealkylation sites (tertiary alicyclic amines) is 1. The molecular weight excluding hydrogens is 298 g/mol. The number of hydrogen-bond donors (Lipinski definition) is 0. The van der Waals surface area contributed by atoms with Crippen molar-refractivity contribution in [3.63, 3.8) is 0 Å². The smallest absolute Gasteiger partial charge is 0.236 e. The highest BCUT2D eigenvalue weighted by atomic mass is 16.2. The van der Waals surface area contributed by atoms with Crippen LogP contribution in [0.3, 0.4) is 0 Å². The lowest BCUT2D eigenvalue weighted by Crippen LogP contribution is -2.51. The first-order valence-electron chi connectivity index (χ1n) is 10.2. The fourth-order valence-electron chi connectivity index (χ4n) is 4.63. The summed E-state index contributed by atoms with van der Waals surface area (Å²) < 4.78 is 0. The van der Waals surface area contributed by atoms with Gasteiger partial charge in [0.1, 0.15) is 0 Å². The largest absolute Gasteiger partial charge is 0.342 e. The van der Waals surface area contributed by atoms with Crippen molar-refractivity contribution in [3.05, 3.63) is 0 Å². The average Bonchev–Trinajstić information content (AvgIpc) is 3.18. The van der Waals surface area contributed by atoms with E-state index in [1.807, 2.05) is 0 Å². The molecule has 24 heavy (non-hydrogen) atoms. The van der Waals surface area contributed by atoms with Gasteiger partial charge in [-0.2, -0.15) is 0 Å². The summed E-state index contributed by atoms with van der Waals surface area (Å²) >= 11 is 0. The number of amides is 1. The molecule has 0 aromatic heterocycles. The lowest BCUT2D eigenvalue weighted by molar-refractivity contribution is -0.134. The number of carbonyl (C=O) groups excluding carboxylic acids is 1. The number of rotatable bonds is 6. The summed E-state index contributed by atoms with van der Waals surface area (Å²) in [4.78, 5) is 19.6. The number of piperazine rings is 1. The van der Waals surface area contributed by atoms with Crippen LogP contribution in [0.5, 0.6) is 0 Å². The zero-order chi connectivity index (χ0) is 17.2. The van der Waals surface area contributed by atoms with Gasteiger partial charge in [0.05, 0.1) is 6.54 Å². The molecule has 0 bridgehead atoms. The fraction of sp³-hybridized carbons (Fsp3) is 0.950. The van der Waals surface area contributed by atoms with E-state index in [1.165, 1.54) is 38.6 Å². The second-order valence-electron chi connectivity index (χ2n) is 9.00. The highest BCUT2D eigenvalue weighted by molar-refractivity contribution is 5.78. The quantitative estimate of drug-likeness (QED) is 0.747. The van der Waals surface area contributed by atoms with Crippen molar-refractivity contribution in [2.24, 2.45) is 17.3 Å². The van der Waals surface area contributed by atoms with Crippen LogP contribution in [0.4, 0.5) is 0 Å². The number of nitrogens with zero attached hydrogens (tertiary/aromatic N) is 3. The summed E-state index contributed by atoms with van der Waals surface area (Å²) in [7, 11) is 0. The molecule has 3 rings (SSSR count). The molecule has 3 aliphatic rings. The molecule has 1 saturated carbocycles. The SMILES string of the molecule is CC(C)CCCN1CCN(CC(=O)N2CCC3(CC2)CC3C)CC1. The minimum atomic E-state index is 0.367. The third kappa shape index (κ3) is 4.51. The Labute approximate surface area is 148 Å². The zero-order valence-electron chi connectivity index (χ0n) is 16.1. The summed E-state index contributed by atoms with van der Waals surface area (Å²) in [6.45, 7) is 15.2. The molecule has 1 unspecified atom stereocenters. The Kier molecular flexibility index (Phi) is 5.86. The van der Waals surface area contributed by atoms with Crippen LogP contribution >= 0.6 is 0 Å². The lowest BCUT2D eigenvalue weighted by Gasteiger charge is -2.37. The van der Waals surface area contributed by atoms with E-state index in [1.54, 1.807) is 0 Å². The van der Waals surface area contributed by atoms with E-state index in [9.17, 15) is 4.79 Å². The number of hydrogen-bond acceptors (Lipinski definition) is 3. The maximum Gasteiger partial charge on any atom is 0.236 e. The van der Waals surface area contributed by atoms with E-state index < -0.39 is 0 Å². The molecule has 2 aliphatic heterocycles. The van der Waals surface area contributed by atoms with Gasteiger partial charge in [0.15, 0.2) is 0 Å². The molecule has 1 spiro atoms. The first-order chi connectivity index (χ1) is 11.5. The normalized spacial score (nSPS) is 27.8. The Hall–Kier alpha value is -0.610. The highest BCUT2D eigenvalue weighted by Gasteiger charge is 2.52. The predicted octanol–water partition coefficient (Wildman–Crippen LogP) is 2.69. The molecule has 1 aliphatic carbocycles. The monoisotopic (exact) mass is 335 g/mol. The highest BCUT2D eigenvalue weighted by Crippen LogP contribution is 2.58. The Bertz CT molecular complexity index is 421. The van der Waals surface area contributed by atoms with Gasteiger partial charge in [0.2, 0.25) is 5.91 Å². The molecular formula is C20H37N3O. The van der Waals surface area contributed by atoms with Gasteiger partial charge in [0, 0.05) is 39.3 Å². The van der Waals surface area contributed by atoms with E-state index in [0.29, 0.717) is 17.9 Å². The van der Waals surface area contributed by atoms with Crippen molar-refractivity contribution in [2.45, 2.75) is 52.9 Å². The Morgan fingerprint density at radius 3 is 2.17 bits per heavy atom. The molecule has 3 fully saturated rings. The van der Waals surface area contributed by atoms with Gasteiger partial charge in [-0.3, -0.25) is 9.69 Å². The van der Waals surface area contributed by atoms with Gasteiger partial charge in [0.25, 0.3) is 0 Å². The maximum atomic E-state index is 12.6. The van der Waals surface area contributed by atoms with Crippen molar-refractivity contribution in [3.8, 4) is 0 Å². The Balaban J connectivity index is 1.32. The molecule has 4 heteroatoms. The number of piperidine rings is 1. The van der Waals surface area contributed by atoms with Crippen LogP contribution in [0.1, 0.15) is 52.9 Å². The van der Waals surface area contributed by atoms with Crippen LogP contribution in [0.15, 0.2) is 0 Å². The van der Waals surface area contributed by atoms with Gasteiger partial charge < -0.3 is 9.80 Å². The number of carbonyl (C=O) groups is 1. The van der Waals surface area contributed by atoms with E-state index in [2.05, 4.69) is 35.5 Å². The van der Waals surface area contributed by atoms with Crippen molar-refractivity contribution in [1.29, 1.82) is 0 Å². The lowest BCUT2D eigenvalue weighted by atomic mass is 9.91. The minimum absolute atomic E-state index is 0.367. The summed E-state index contributed by atoms with van der Waals surface area (Å²) in [5, 5.41) is 0. The first kappa shape index (κ1) is 18.2. The summed E-state index contributed by atoms with van der Waals surface area (Å²) in [6.07, 6.45) is 6.51. The minimum Gasteiger partial charge on any atom is -0.342 e. The van der Waals surface area contributed by atoms with Crippen molar-refractivity contribution in [1.82, 2.24) is 14.7 Å². The zero-order valence-corrected chi connectivity index (χ0v) is 16.1. The predicted molar refractivity (Wildman–Crippen MR) is 99.0 cm³/mol. The third-order valence-electron chi connectivity index (χ3n) is 6.79.